The first-order valence-electron chi connectivity index (χ1n) is 7.73. The Morgan fingerprint density at radius 2 is 2.23 bits per heavy atom. The van der Waals surface area contributed by atoms with Gasteiger partial charge in [-0.15, -0.1) is 0 Å². The fraction of sp³-hybridized carbons (Fsp3) is 0.412. The minimum absolute atomic E-state index is 0.0819. The molecule has 2 aromatic rings. The summed E-state index contributed by atoms with van der Waals surface area (Å²) in [6, 6.07) is 8.03. The van der Waals surface area contributed by atoms with Gasteiger partial charge in [-0.05, 0) is 44.5 Å². The van der Waals surface area contributed by atoms with Gasteiger partial charge in [0.1, 0.15) is 0 Å². The Kier molecular flexibility index (Phi) is 4.24. The number of benzene rings is 1. The van der Waals surface area contributed by atoms with Gasteiger partial charge >= 0.3 is 0 Å². The summed E-state index contributed by atoms with van der Waals surface area (Å²) in [5.41, 5.74) is 2.81. The Labute approximate surface area is 130 Å². The van der Waals surface area contributed by atoms with Crippen molar-refractivity contribution in [3.05, 3.63) is 47.8 Å². The van der Waals surface area contributed by atoms with Crippen LogP contribution < -0.4 is 5.32 Å². The summed E-state index contributed by atoms with van der Waals surface area (Å²) in [6.45, 7) is 4.67. The van der Waals surface area contributed by atoms with Gasteiger partial charge in [0.2, 0.25) is 0 Å². The Bertz CT molecular complexity index is 664. The molecule has 1 aromatic heterocycles. The van der Waals surface area contributed by atoms with Crippen LogP contribution in [0, 0.1) is 12.8 Å². The molecule has 1 amide bonds. The van der Waals surface area contributed by atoms with Crippen LogP contribution >= 0.6 is 0 Å². The third kappa shape index (κ3) is 2.90. The van der Waals surface area contributed by atoms with Crippen molar-refractivity contribution < 1.29 is 4.79 Å². The summed E-state index contributed by atoms with van der Waals surface area (Å²) in [5, 5.41) is 7.54. The van der Waals surface area contributed by atoms with Gasteiger partial charge in [0, 0.05) is 19.3 Å². The average Bonchev–Trinajstić information content (AvgIpc) is 3.17. The number of rotatable bonds is 4. The number of aryl methyl sites for hydroxylation is 1. The first-order chi connectivity index (χ1) is 10.7. The van der Waals surface area contributed by atoms with Gasteiger partial charge in [0.05, 0.1) is 17.4 Å². The molecule has 1 unspecified atom stereocenters. The zero-order valence-corrected chi connectivity index (χ0v) is 13.1. The van der Waals surface area contributed by atoms with E-state index in [4.69, 9.17) is 0 Å². The maximum atomic E-state index is 12.6. The number of aromatic nitrogens is 2. The van der Waals surface area contributed by atoms with Crippen molar-refractivity contribution >= 4 is 5.91 Å². The molecule has 1 aliphatic heterocycles. The lowest BCUT2D eigenvalue weighted by molar-refractivity contribution is 0.0787. The fourth-order valence-corrected chi connectivity index (χ4v) is 3.04. The fourth-order valence-electron chi connectivity index (χ4n) is 3.04. The molecule has 5 heteroatoms. The highest BCUT2D eigenvalue weighted by Gasteiger charge is 2.27. The highest BCUT2D eigenvalue weighted by molar-refractivity contribution is 5.94. The summed E-state index contributed by atoms with van der Waals surface area (Å²) < 4.78 is 1.78. The average molecular weight is 298 g/mol. The number of nitrogens with one attached hydrogen (secondary N) is 1. The van der Waals surface area contributed by atoms with E-state index in [1.165, 1.54) is 0 Å². The molecule has 0 radical (unpaired) electrons. The van der Waals surface area contributed by atoms with Gasteiger partial charge in [-0.1, -0.05) is 18.2 Å². The standard InChI is InChI=1S/C17H22N4O/c1-13-5-3-4-6-16(13)21-12-15(10-19-21)17(22)20-8-7-14(11-20)9-18-2/h3-6,10,12,14,18H,7-9,11H2,1-2H3. The Morgan fingerprint density at radius 1 is 1.41 bits per heavy atom. The molecule has 0 aliphatic carbocycles. The number of carbonyl (C=O) groups excluding carboxylic acids is 1. The molecule has 1 aliphatic rings. The third-order valence-electron chi connectivity index (χ3n) is 4.26. The van der Waals surface area contributed by atoms with Crippen LogP contribution in [0.5, 0.6) is 0 Å². The molecule has 3 rings (SSSR count). The van der Waals surface area contributed by atoms with Crippen LogP contribution in [0.4, 0.5) is 0 Å². The van der Waals surface area contributed by atoms with Gasteiger partial charge < -0.3 is 10.2 Å². The molecule has 0 spiro atoms. The number of nitrogens with zero attached hydrogens (tertiary/aromatic N) is 3. The van der Waals surface area contributed by atoms with Gasteiger partial charge in [0.25, 0.3) is 5.91 Å². The van der Waals surface area contributed by atoms with Crippen molar-refractivity contribution in [3.8, 4) is 5.69 Å². The van der Waals surface area contributed by atoms with Crippen LogP contribution in [-0.2, 0) is 0 Å². The van der Waals surface area contributed by atoms with E-state index < -0.39 is 0 Å². The lowest BCUT2D eigenvalue weighted by Gasteiger charge is -2.15. The van der Waals surface area contributed by atoms with E-state index in [0.717, 1.165) is 37.3 Å². The predicted octanol–water partition coefficient (Wildman–Crippen LogP) is 1.86. The number of para-hydroxylation sites is 1. The van der Waals surface area contributed by atoms with Crippen LogP contribution in [0.25, 0.3) is 5.69 Å². The molecule has 2 heterocycles. The van der Waals surface area contributed by atoms with E-state index in [9.17, 15) is 4.79 Å². The minimum Gasteiger partial charge on any atom is -0.338 e. The lowest BCUT2D eigenvalue weighted by atomic mass is 10.1. The molecule has 22 heavy (non-hydrogen) atoms. The molecule has 5 nitrogen and oxygen atoms in total. The summed E-state index contributed by atoms with van der Waals surface area (Å²) in [4.78, 5) is 14.5. The van der Waals surface area contributed by atoms with Crippen LogP contribution in [0.3, 0.4) is 0 Å². The van der Waals surface area contributed by atoms with Gasteiger partial charge in [0.15, 0.2) is 0 Å². The number of carbonyl (C=O) groups is 1. The Morgan fingerprint density at radius 3 is 3.00 bits per heavy atom. The SMILES string of the molecule is CNCC1CCN(C(=O)c2cnn(-c3ccccc3C)c2)C1. The quantitative estimate of drug-likeness (QED) is 0.937. The van der Waals surface area contributed by atoms with E-state index in [2.05, 4.69) is 10.4 Å². The highest BCUT2D eigenvalue weighted by Crippen LogP contribution is 2.19. The van der Waals surface area contributed by atoms with Crippen molar-refractivity contribution in [2.45, 2.75) is 13.3 Å². The molecule has 1 saturated heterocycles. The number of hydrogen-bond acceptors (Lipinski definition) is 3. The summed E-state index contributed by atoms with van der Waals surface area (Å²) >= 11 is 0. The van der Waals surface area contributed by atoms with Crippen molar-refractivity contribution in [2.24, 2.45) is 5.92 Å². The van der Waals surface area contributed by atoms with E-state index in [1.807, 2.05) is 49.3 Å². The predicted molar refractivity (Wildman–Crippen MR) is 86.2 cm³/mol. The van der Waals surface area contributed by atoms with E-state index in [0.29, 0.717) is 11.5 Å². The van der Waals surface area contributed by atoms with Gasteiger partial charge in [-0.25, -0.2) is 4.68 Å². The largest absolute Gasteiger partial charge is 0.338 e. The number of amides is 1. The van der Waals surface area contributed by atoms with Gasteiger partial charge in [-0.3, -0.25) is 4.79 Å². The number of likely N-dealkylation sites (tertiary alicyclic amines) is 1. The minimum atomic E-state index is 0.0819. The van der Waals surface area contributed by atoms with Crippen LogP contribution in [-0.4, -0.2) is 47.3 Å². The van der Waals surface area contributed by atoms with E-state index in [-0.39, 0.29) is 5.91 Å². The summed E-state index contributed by atoms with van der Waals surface area (Å²) in [5.74, 6) is 0.638. The number of hydrogen-bond donors (Lipinski definition) is 1. The topological polar surface area (TPSA) is 50.2 Å². The second kappa shape index (κ2) is 6.32. The molecular formula is C17H22N4O. The van der Waals surface area contributed by atoms with Gasteiger partial charge in [-0.2, -0.15) is 5.10 Å². The molecule has 1 atom stereocenters. The highest BCUT2D eigenvalue weighted by atomic mass is 16.2. The maximum absolute atomic E-state index is 12.6. The summed E-state index contributed by atoms with van der Waals surface area (Å²) in [7, 11) is 1.96. The van der Waals surface area contributed by atoms with Crippen molar-refractivity contribution in [2.75, 3.05) is 26.7 Å². The molecule has 116 valence electrons. The lowest BCUT2D eigenvalue weighted by Crippen LogP contribution is -2.30. The molecule has 1 N–H and O–H groups in total. The molecule has 0 saturated carbocycles. The molecule has 0 bridgehead atoms. The molecular weight excluding hydrogens is 276 g/mol. The third-order valence-corrected chi connectivity index (χ3v) is 4.26. The van der Waals surface area contributed by atoms with Crippen LogP contribution in [0.2, 0.25) is 0 Å². The van der Waals surface area contributed by atoms with Crippen LogP contribution in [0.15, 0.2) is 36.7 Å². The zero-order valence-electron chi connectivity index (χ0n) is 13.1. The summed E-state index contributed by atoms with van der Waals surface area (Å²) in [6.07, 6.45) is 4.56. The van der Waals surface area contributed by atoms with E-state index in [1.54, 1.807) is 10.9 Å². The second-order valence-electron chi connectivity index (χ2n) is 5.92. The smallest absolute Gasteiger partial charge is 0.257 e. The van der Waals surface area contributed by atoms with Crippen molar-refractivity contribution in [1.82, 2.24) is 20.0 Å². The zero-order chi connectivity index (χ0) is 15.5. The molecule has 1 aromatic carbocycles. The van der Waals surface area contributed by atoms with Crippen molar-refractivity contribution in [1.29, 1.82) is 0 Å². The Balaban J connectivity index is 1.74. The first kappa shape index (κ1) is 14.8. The van der Waals surface area contributed by atoms with E-state index >= 15 is 0 Å². The molecule has 1 fully saturated rings. The Hall–Kier alpha value is -2.14. The second-order valence-corrected chi connectivity index (χ2v) is 5.92. The van der Waals surface area contributed by atoms with Crippen molar-refractivity contribution in [3.63, 3.8) is 0 Å². The normalized spacial score (nSPS) is 17.9. The van der Waals surface area contributed by atoms with Crippen LogP contribution in [0.1, 0.15) is 22.3 Å². The first-order valence-corrected chi connectivity index (χ1v) is 7.73. The maximum Gasteiger partial charge on any atom is 0.257 e. The monoisotopic (exact) mass is 298 g/mol.